The van der Waals surface area contributed by atoms with E-state index < -0.39 is 23.7 Å². The largest absolute Gasteiger partial charge is 0.496 e. The van der Waals surface area contributed by atoms with Crippen LogP contribution in [0.1, 0.15) is 12.0 Å². The van der Waals surface area contributed by atoms with Gasteiger partial charge in [0.1, 0.15) is 11.6 Å². The van der Waals surface area contributed by atoms with Crippen LogP contribution in [0.3, 0.4) is 0 Å². The van der Waals surface area contributed by atoms with E-state index in [-0.39, 0.29) is 12.3 Å². The van der Waals surface area contributed by atoms with Gasteiger partial charge in [0.15, 0.2) is 0 Å². The van der Waals surface area contributed by atoms with Crippen molar-refractivity contribution in [3.05, 3.63) is 29.6 Å². The van der Waals surface area contributed by atoms with Gasteiger partial charge in [-0.15, -0.1) is 0 Å². The molecule has 0 saturated heterocycles. The predicted molar refractivity (Wildman–Crippen MR) is 50.5 cm³/mol. The molecule has 0 bridgehead atoms. The van der Waals surface area contributed by atoms with Crippen LogP contribution in [0.5, 0.6) is 5.75 Å². The van der Waals surface area contributed by atoms with Crippen molar-refractivity contribution in [1.82, 2.24) is 0 Å². The Hall–Kier alpha value is -1.23. The molecule has 0 aliphatic carbocycles. The fraction of sp³-hybridized carbons (Fsp3) is 0.400. The fourth-order valence-corrected chi connectivity index (χ4v) is 1.28. The van der Waals surface area contributed by atoms with Gasteiger partial charge in [0.25, 0.3) is 5.92 Å². The molecule has 0 atom stereocenters. The van der Waals surface area contributed by atoms with Crippen LogP contribution in [0, 0.1) is 5.82 Å². The van der Waals surface area contributed by atoms with E-state index in [1.165, 1.54) is 13.2 Å². The van der Waals surface area contributed by atoms with Crippen LogP contribution < -0.4 is 10.5 Å². The second kappa shape index (κ2) is 4.53. The summed E-state index contributed by atoms with van der Waals surface area (Å²) >= 11 is 0. The molecule has 84 valence electrons. The molecule has 0 spiro atoms. The van der Waals surface area contributed by atoms with Crippen LogP contribution in [0.25, 0.3) is 0 Å². The summed E-state index contributed by atoms with van der Waals surface area (Å²) in [5, 5.41) is 0. The summed E-state index contributed by atoms with van der Waals surface area (Å²) in [5.41, 5.74) is 4.60. The van der Waals surface area contributed by atoms with Crippen LogP contribution in [-0.4, -0.2) is 13.7 Å². The molecule has 2 nitrogen and oxygen atoms in total. The lowest BCUT2D eigenvalue weighted by Crippen LogP contribution is -2.19. The second-order valence-corrected chi connectivity index (χ2v) is 3.09. The van der Waals surface area contributed by atoms with Crippen LogP contribution in [-0.2, 0) is 5.92 Å². The summed E-state index contributed by atoms with van der Waals surface area (Å²) in [5.74, 6) is -3.92. The molecule has 0 heterocycles. The van der Waals surface area contributed by atoms with Crippen molar-refractivity contribution < 1.29 is 17.9 Å². The Morgan fingerprint density at radius 2 is 2.07 bits per heavy atom. The Morgan fingerprint density at radius 3 is 2.60 bits per heavy atom. The van der Waals surface area contributed by atoms with Crippen LogP contribution in [0.2, 0.25) is 0 Å². The maximum Gasteiger partial charge on any atom is 0.278 e. The lowest BCUT2D eigenvalue weighted by molar-refractivity contribution is -0.0131. The number of ether oxygens (including phenoxy) is 1. The average molecular weight is 219 g/mol. The average Bonchev–Trinajstić information content (AvgIpc) is 2.17. The van der Waals surface area contributed by atoms with Crippen LogP contribution in [0.4, 0.5) is 13.2 Å². The summed E-state index contributed by atoms with van der Waals surface area (Å²) in [4.78, 5) is 0. The zero-order valence-electron chi connectivity index (χ0n) is 8.27. The lowest BCUT2D eigenvalue weighted by atomic mass is 10.0. The molecule has 1 rings (SSSR count). The minimum absolute atomic E-state index is 0.0325. The van der Waals surface area contributed by atoms with Crippen molar-refractivity contribution in [3.63, 3.8) is 0 Å². The number of nitrogens with two attached hydrogens (primary N) is 1. The number of rotatable bonds is 4. The minimum atomic E-state index is -3.16. The van der Waals surface area contributed by atoms with Gasteiger partial charge in [-0.1, -0.05) is 0 Å². The molecule has 0 aliphatic rings. The summed E-state index contributed by atoms with van der Waals surface area (Å²) in [6.07, 6.45) is -0.535. The predicted octanol–water partition coefficient (Wildman–Crippen LogP) is 2.27. The Bertz CT molecular complexity index is 341. The van der Waals surface area contributed by atoms with Crippen molar-refractivity contribution in [2.45, 2.75) is 12.3 Å². The highest BCUT2D eigenvalue weighted by Gasteiger charge is 2.34. The Balaban J connectivity index is 3.15. The first-order valence-electron chi connectivity index (χ1n) is 4.43. The van der Waals surface area contributed by atoms with E-state index in [9.17, 15) is 13.2 Å². The third-order valence-electron chi connectivity index (χ3n) is 2.01. The van der Waals surface area contributed by atoms with Gasteiger partial charge in [-0.2, -0.15) is 0 Å². The van der Waals surface area contributed by atoms with Gasteiger partial charge in [0.05, 0.1) is 12.7 Å². The monoisotopic (exact) mass is 219 g/mol. The zero-order valence-corrected chi connectivity index (χ0v) is 8.27. The summed E-state index contributed by atoms with van der Waals surface area (Å²) in [7, 11) is 1.26. The number of hydrogen-bond donors (Lipinski definition) is 1. The first-order chi connectivity index (χ1) is 7.01. The molecule has 0 radical (unpaired) electrons. The molecule has 0 saturated carbocycles. The zero-order chi connectivity index (χ0) is 11.5. The normalized spacial score (nSPS) is 11.5. The number of hydrogen-bond acceptors (Lipinski definition) is 2. The maximum absolute atomic E-state index is 13.5. The first-order valence-corrected chi connectivity index (χ1v) is 4.43. The smallest absolute Gasteiger partial charge is 0.278 e. The maximum atomic E-state index is 13.5. The van der Waals surface area contributed by atoms with E-state index in [1.54, 1.807) is 0 Å². The van der Waals surface area contributed by atoms with Gasteiger partial charge in [0, 0.05) is 6.42 Å². The van der Waals surface area contributed by atoms with Crippen molar-refractivity contribution >= 4 is 0 Å². The summed E-state index contributed by atoms with van der Waals surface area (Å²) in [6, 6.07) is 3.02. The Kier molecular flexibility index (Phi) is 3.57. The molecular formula is C10H12F3NO. The summed E-state index contributed by atoms with van der Waals surface area (Å²) < 4.78 is 44.5. The standard InChI is InChI=1S/C10H12F3NO/c1-15-9-3-2-7(11)6-8(9)10(12,13)4-5-14/h2-3,6H,4-5,14H2,1H3. The molecule has 2 N–H and O–H groups in total. The Labute approximate surface area is 85.8 Å². The van der Waals surface area contributed by atoms with Gasteiger partial charge in [-0.05, 0) is 24.7 Å². The SMILES string of the molecule is COc1ccc(F)cc1C(F)(F)CCN. The molecule has 0 unspecified atom stereocenters. The number of benzene rings is 1. The van der Waals surface area contributed by atoms with E-state index in [1.807, 2.05) is 0 Å². The number of halogens is 3. The topological polar surface area (TPSA) is 35.2 Å². The van der Waals surface area contributed by atoms with E-state index in [0.717, 1.165) is 12.1 Å². The highest BCUT2D eigenvalue weighted by molar-refractivity contribution is 5.37. The molecule has 0 amide bonds. The van der Waals surface area contributed by atoms with Gasteiger partial charge in [0.2, 0.25) is 0 Å². The molecule has 15 heavy (non-hydrogen) atoms. The first kappa shape index (κ1) is 11.8. The second-order valence-electron chi connectivity index (χ2n) is 3.09. The summed E-state index contributed by atoms with van der Waals surface area (Å²) in [6.45, 7) is -0.174. The van der Waals surface area contributed by atoms with Crippen LogP contribution >= 0.6 is 0 Å². The van der Waals surface area contributed by atoms with E-state index in [0.29, 0.717) is 0 Å². The molecule has 0 aliphatic heterocycles. The molecule has 0 aromatic heterocycles. The highest BCUT2D eigenvalue weighted by Crippen LogP contribution is 2.37. The molecule has 5 heteroatoms. The Morgan fingerprint density at radius 1 is 1.40 bits per heavy atom. The van der Waals surface area contributed by atoms with Gasteiger partial charge >= 0.3 is 0 Å². The fourth-order valence-electron chi connectivity index (χ4n) is 1.28. The minimum Gasteiger partial charge on any atom is -0.496 e. The van der Waals surface area contributed by atoms with Gasteiger partial charge in [-0.25, -0.2) is 13.2 Å². The van der Waals surface area contributed by atoms with E-state index in [2.05, 4.69) is 0 Å². The molecular weight excluding hydrogens is 207 g/mol. The lowest BCUT2D eigenvalue weighted by Gasteiger charge is -2.18. The van der Waals surface area contributed by atoms with E-state index in [4.69, 9.17) is 10.5 Å². The van der Waals surface area contributed by atoms with Gasteiger partial charge < -0.3 is 10.5 Å². The van der Waals surface area contributed by atoms with Crippen LogP contribution in [0.15, 0.2) is 18.2 Å². The van der Waals surface area contributed by atoms with Gasteiger partial charge in [-0.3, -0.25) is 0 Å². The van der Waals surface area contributed by atoms with E-state index >= 15 is 0 Å². The quantitative estimate of drug-likeness (QED) is 0.843. The van der Waals surface area contributed by atoms with Crippen molar-refractivity contribution in [3.8, 4) is 5.75 Å². The molecule has 1 aromatic rings. The van der Waals surface area contributed by atoms with Crippen molar-refractivity contribution in [2.24, 2.45) is 5.73 Å². The third-order valence-corrected chi connectivity index (χ3v) is 2.01. The highest BCUT2D eigenvalue weighted by atomic mass is 19.3. The van der Waals surface area contributed by atoms with Crippen molar-refractivity contribution in [2.75, 3.05) is 13.7 Å². The van der Waals surface area contributed by atoms with Crippen molar-refractivity contribution in [1.29, 1.82) is 0 Å². The molecule has 0 fully saturated rings. The number of methoxy groups -OCH3 is 1. The number of alkyl halides is 2. The molecule has 1 aromatic carbocycles. The third kappa shape index (κ3) is 2.62.